The van der Waals surface area contributed by atoms with Gasteiger partial charge in [0.2, 0.25) is 0 Å². The second kappa shape index (κ2) is 9.15. The van der Waals surface area contributed by atoms with Gasteiger partial charge in [-0.1, -0.05) is 29.8 Å². The normalized spacial score (nSPS) is 29.6. The molecule has 6 nitrogen and oxygen atoms in total. The summed E-state index contributed by atoms with van der Waals surface area (Å²) in [5, 5.41) is 48.4. The minimum atomic E-state index is -0.966. The third kappa shape index (κ3) is 4.92. The molecule has 7 heteroatoms. The van der Waals surface area contributed by atoms with E-state index in [2.05, 4.69) is 0 Å². The van der Waals surface area contributed by atoms with Crippen molar-refractivity contribution in [3.63, 3.8) is 0 Å². The van der Waals surface area contributed by atoms with Gasteiger partial charge in [-0.2, -0.15) is 0 Å². The van der Waals surface area contributed by atoms with Crippen molar-refractivity contribution < 1.29 is 30.3 Å². The Morgan fingerprint density at radius 1 is 1.21 bits per heavy atom. The van der Waals surface area contributed by atoms with Crippen LogP contribution in [-0.2, 0) is 22.2 Å². The van der Waals surface area contributed by atoms with Crippen molar-refractivity contribution >= 4 is 10.9 Å². The fourth-order valence-electron chi connectivity index (χ4n) is 2.79. The molecule has 0 aliphatic carbocycles. The first-order chi connectivity index (χ1) is 11.5. The van der Waals surface area contributed by atoms with Crippen molar-refractivity contribution in [2.75, 3.05) is 24.7 Å². The monoisotopic (exact) mass is 359 g/mol. The smallest absolute Gasteiger partial charge is 0.169 e. The number of rotatable bonds is 8. The van der Waals surface area contributed by atoms with Crippen molar-refractivity contribution in [2.45, 2.75) is 43.2 Å². The Morgan fingerprint density at radius 3 is 2.46 bits per heavy atom. The van der Waals surface area contributed by atoms with E-state index in [1.807, 2.05) is 31.2 Å². The van der Waals surface area contributed by atoms with Crippen LogP contribution < -0.4 is 0 Å². The zero-order chi connectivity index (χ0) is 17.7. The highest BCUT2D eigenvalue weighted by atomic mass is 32.2. The lowest BCUT2D eigenvalue weighted by molar-refractivity contribution is -0.0623. The summed E-state index contributed by atoms with van der Waals surface area (Å²) >= 11 is 0. The molecule has 1 aromatic rings. The molecule has 0 spiro atoms. The summed E-state index contributed by atoms with van der Waals surface area (Å²) in [6.07, 6.45) is -3.51. The van der Waals surface area contributed by atoms with Crippen molar-refractivity contribution in [2.24, 2.45) is 0 Å². The highest BCUT2D eigenvalue weighted by Gasteiger charge is 2.50. The van der Waals surface area contributed by atoms with Crippen LogP contribution in [0.3, 0.4) is 0 Å². The lowest BCUT2D eigenvalue weighted by Gasteiger charge is -2.22. The van der Waals surface area contributed by atoms with Gasteiger partial charge in [0.25, 0.3) is 0 Å². The number of hydrogen-bond donors (Lipinski definition) is 5. The molecule has 6 atom stereocenters. The Labute approximate surface area is 145 Å². The molecular formula is C17H27O6S+. The molecule has 1 heterocycles. The third-order valence-corrected chi connectivity index (χ3v) is 7.17. The van der Waals surface area contributed by atoms with E-state index in [-0.39, 0.29) is 25.6 Å². The van der Waals surface area contributed by atoms with E-state index in [0.717, 1.165) is 11.1 Å². The molecule has 1 aliphatic heterocycles. The largest absolute Gasteiger partial charge is 0.394 e. The maximum atomic E-state index is 10.4. The summed E-state index contributed by atoms with van der Waals surface area (Å²) in [5.74, 6) is 0.623. The van der Waals surface area contributed by atoms with Crippen LogP contribution in [0.1, 0.15) is 11.1 Å². The average Bonchev–Trinajstić information content (AvgIpc) is 2.83. The molecule has 24 heavy (non-hydrogen) atoms. The summed E-state index contributed by atoms with van der Waals surface area (Å²) in [6, 6.07) is 7.81. The fraction of sp³-hybridized carbons (Fsp3) is 0.647. The standard InChI is InChI=1S/C17H27O6S/c1-11-2-4-12(5-3-11)8-23-15(6-18)13(20)9-24-10-14(21)17(22)16(24)7-19/h2-5,13-22H,6-10H2,1H3/q+1/t13?,14-,15+,16-,17+,24?/m1/s1. The maximum absolute atomic E-state index is 10.4. The number of benzene rings is 1. The predicted molar refractivity (Wildman–Crippen MR) is 92.8 cm³/mol. The summed E-state index contributed by atoms with van der Waals surface area (Å²) in [7, 11) is -0.520. The van der Waals surface area contributed by atoms with E-state index in [9.17, 15) is 25.5 Å². The Kier molecular flexibility index (Phi) is 7.49. The summed E-state index contributed by atoms with van der Waals surface area (Å²) in [4.78, 5) is 0. The molecule has 2 unspecified atom stereocenters. The van der Waals surface area contributed by atoms with Crippen LogP contribution >= 0.6 is 0 Å². The number of ether oxygens (including phenoxy) is 1. The minimum absolute atomic E-state index is 0.234. The van der Waals surface area contributed by atoms with Crippen molar-refractivity contribution in [1.82, 2.24) is 0 Å². The van der Waals surface area contributed by atoms with Gasteiger partial charge < -0.3 is 30.3 Å². The fourth-order valence-corrected chi connectivity index (χ4v) is 5.50. The van der Waals surface area contributed by atoms with Crippen LogP contribution in [-0.4, -0.2) is 79.9 Å². The molecule has 0 amide bonds. The van der Waals surface area contributed by atoms with Crippen molar-refractivity contribution in [3.8, 4) is 0 Å². The van der Waals surface area contributed by atoms with Gasteiger partial charge in [0.05, 0.1) is 19.8 Å². The van der Waals surface area contributed by atoms with Crippen LogP contribution in [0.5, 0.6) is 0 Å². The van der Waals surface area contributed by atoms with Crippen LogP contribution in [0.25, 0.3) is 0 Å². The molecule has 136 valence electrons. The number of aliphatic hydroxyl groups is 5. The molecule has 0 saturated carbocycles. The first-order valence-electron chi connectivity index (χ1n) is 8.05. The molecule has 0 bridgehead atoms. The summed E-state index contributed by atoms with van der Waals surface area (Å²) in [5.41, 5.74) is 2.10. The zero-order valence-electron chi connectivity index (χ0n) is 13.8. The second-order valence-electron chi connectivity index (χ2n) is 6.23. The Hall–Kier alpha value is -0.670. The SMILES string of the molecule is Cc1ccc(CO[C@@H](CO)C(O)C[S+]2C[C@@H](O)[C@H](O)[C@H]2CO)cc1. The Bertz CT molecular complexity index is 496. The minimum Gasteiger partial charge on any atom is -0.394 e. The van der Waals surface area contributed by atoms with Gasteiger partial charge >= 0.3 is 0 Å². The van der Waals surface area contributed by atoms with Crippen LogP contribution in [0.15, 0.2) is 24.3 Å². The Morgan fingerprint density at radius 2 is 1.88 bits per heavy atom. The zero-order valence-corrected chi connectivity index (χ0v) is 14.6. The van der Waals surface area contributed by atoms with Gasteiger partial charge in [-0.3, -0.25) is 0 Å². The Balaban J connectivity index is 1.88. The van der Waals surface area contributed by atoms with E-state index in [4.69, 9.17) is 4.74 Å². The van der Waals surface area contributed by atoms with Gasteiger partial charge in [0.15, 0.2) is 5.25 Å². The molecule has 2 rings (SSSR count). The average molecular weight is 359 g/mol. The first kappa shape index (κ1) is 19.7. The molecule has 1 aliphatic rings. The highest BCUT2D eigenvalue weighted by molar-refractivity contribution is 7.97. The summed E-state index contributed by atoms with van der Waals surface area (Å²) in [6.45, 7) is 1.72. The molecule has 0 radical (unpaired) electrons. The second-order valence-corrected chi connectivity index (χ2v) is 8.58. The van der Waals surface area contributed by atoms with Crippen molar-refractivity contribution in [3.05, 3.63) is 35.4 Å². The molecule has 5 N–H and O–H groups in total. The van der Waals surface area contributed by atoms with E-state index < -0.39 is 40.6 Å². The molecule has 1 aromatic carbocycles. The predicted octanol–water partition coefficient (Wildman–Crippen LogP) is -1.05. The number of aliphatic hydroxyl groups excluding tert-OH is 5. The quantitative estimate of drug-likeness (QED) is 0.379. The van der Waals surface area contributed by atoms with E-state index in [0.29, 0.717) is 5.75 Å². The number of hydrogen-bond acceptors (Lipinski definition) is 6. The lowest BCUT2D eigenvalue weighted by Crippen LogP contribution is -2.42. The molecule has 0 aromatic heterocycles. The van der Waals surface area contributed by atoms with Gasteiger partial charge in [0, 0.05) is 10.9 Å². The van der Waals surface area contributed by atoms with Crippen LogP contribution in [0, 0.1) is 6.92 Å². The van der Waals surface area contributed by atoms with E-state index >= 15 is 0 Å². The molecule has 1 fully saturated rings. The highest BCUT2D eigenvalue weighted by Crippen LogP contribution is 2.25. The molecular weight excluding hydrogens is 332 g/mol. The van der Waals surface area contributed by atoms with Crippen molar-refractivity contribution in [1.29, 1.82) is 0 Å². The number of aryl methyl sites for hydroxylation is 1. The topological polar surface area (TPSA) is 110 Å². The van der Waals surface area contributed by atoms with Gasteiger partial charge in [0.1, 0.15) is 35.9 Å². The van der Waals surface area contributed by atoms with E-state index in [1.165, 1.54) is 0 Å². The maximum Gasteiger partial charge on any atom is 0.169 e. The van der Waals surface area contributed by atoms with Gasteiger partial charge in [-0.15, -0.1) is 0 Å². The van der Waals surface area contributed by atoms with Crippen LogP contribution in [0.2, 0.25) is 0 Å². The summed E-state index contributed by atoms with van der Waals surface area (Å²) < 4.78 is 5.63. The van der Waals surface area contributed by atoms with Gasteiger partial charge in [-0.25, -0.2) is 0 Å². The van der Waals surface area contributed by atoms with Gasteiger partial charge in [-0.05, 0) is 12.5 Å². The molecule has 1 saturated heterocycles. The van der Waals surface area contributed by atoms with Crippen LogP contribution in [0.4, 0.5) is 0 Å². The first-order valence-corrected chi connectivity index (χ1v) is 9.68. The lowest BCUT2D eigenvalue weighted by atomic mass is 10.1. The van der Waals surface area contributed by atoms with E-state index in [1.54, 1.807) is 0 Å². The third-order valence-electron chi connectivity index (χ3n) is 4.35.